The van der Waals surface area contributed by atoms with E-state index in [0.717, 1.165) is 11.1 Å². The first-order valence-electron chi connectivity index (χ1n) is 10.7. The third kappa shape index (κ3) is 4.49. The van der Waals surface area contributed by atoms with E-state index >= 15 is 0 Å². The topological polar surface area (TPSA) is 108 Å². The number of sulfonamides is 1. The number of H-pyrrole nitrogens is 1. The molecule has 1 unspecified atom stereocenters. The Labute approximate surface area is 188 Å². The van der Waals surface area contributed by atoms with Gasteiger partial charge >= 0.3 is 0 Å². The molecule has 0 bridgehead atoms. The number of aromatic amines is 1. The van der Waals surface area contributed by atoms with Crippen molar-refractivity contribution in [1.29, 1.82) is 0 Å². The summed E-state index contributed by atoms with van der Waals surface area (Å²) < 4.78 is 32.9. The van der Waals surface area contributed by atoms with Gasteiger partial charge in [0.25, 0.3) is 10.0 Å². The molecule has 1 saturated heterocycles. The van der Waals surface area contributed by atoms with Gasteiger partial charge in [0.2, 0.25) is 11.0 Å². The SMILES string of the molecule is Cc1ccc(C(C)NC(=O)C2CCN(S(=O)(=O)c3ccc(-c4ccn[nH]4)o3)CC2)c(C)c1. The number of rotatable bonds is 6. The predicted octanol–water partition coefficient (Wildman–Crippen LogP) is 3.56. The fourth-order valence-corrected chi connectivity index (χ4v) is 5.58. The first kappa shape index (κ1) is 22.3. The minimum absolute atomic E-state index is 0.0333. The largest absolute Gasteiger partial charge is 0.442 e. The molecule has 1 amide bonds. The number of nitrogens with zero attached hydrogens (tertiary/aromatic N) is 2. The van der Waals surface area contributed by atoms with E-state index in [1.807, 2.05) is 32.9 Å². The van der Waals surface area contributed by atoms with Gasteiger partial charge in [0, 0.05) is 25.2 Å². The molecule has 1 aliphatic heterocycles. The van der Waals surface area contributed by atoms with Crippen molar-refractivity contribution < 1.29 is 17.6 Å². The zero-order chi connectivity index (χ0) is 22.9. The van der Waals surface area contributed by atoms with Crippen molar-refractivity contribution >= 4 is 15.9 Å². The summed E-state index contributed by atoms with van der Waals surface area (Å²) in [5.74, 6) is 0.164. The van der Waals surface area contributed by atoms with E-state index in [1.54, 1.807) is 18.3 Å². The average Bonchev–Trinajstić information content (AvgIpc) is 3.46. The predicted molar refractivity (Wildman–Crippen MR) is 120 cm³/mol. The van der Waals surface area contributed by atoms with Crippen molar-refractivity contribution in [1.82, 2.24) is 19.8 Å². The lowest BCUT2D eigenvalue weighted by molar-refractivity contribution is -0.126. The molecule has 2 N–H and O–H groups in total. The van der Waals surface area contributed by atoms with Crippen LogP contribution in [0, 0.1) is 19.8 Å². The van der Waals surface area contributed by atoms with Crippen LogP contribution in [0.5, 0.6) is 0 Å². The summed E-state index contributed by atoms with van der Waals surface area (Å²) in [4.78, 5) is 12.8. The standard InChI is InChI=1S/C23H28N4O4S/c1-15-4-5-19(16(2)14-15)17(3)25-23(28)18-9-12-27(13-10-18)32(29,30)22-7-6-21(31-22)20-8-11-24-26-20/h4-8,11,14,17-18H,9-10,12-13H2,1-3H3,(H,24,26)(H,25,28). The zero-order valence-corrected chi connectivity index (χ0v) is 19.3. The minimum Gasteiger partial charge on any atom is -0.442 e. The number of furan rings is 1. The van der Waals surface area contributed by atoms with Crippen molar-refractivity contribution in [2.24, 2.45) is 5.92 Å². The van der Waals surface area contributed by atoms with Gasteiger partial charge in [0.15, 0.2) is 5.76 Å². The second-order valence-electron chi connectivity index (χ2n) is 8.36. The molecule has 1 fully saturated rings. The zero-order valence-electron chi connectivity index (χ0n) is 18.5. The van der Waals surface area contributed by atoms with E-state index in [-0.39, 0.29) is 36.0 Å². The Morgan fingerprint density at radius 2 is 1.94 bits per heavy atom. The molecule has 2 aromatic heterocycles. The second kappa shape index (κ2) is 8.91. The highest BCUT2D eigenvalue weighted by Crippen LogP contribution is 2.28. The second-order valence-corrected chi connectivity index (χ2v) is 10.2. The van der Waals surface area contributed by atoms with Crippen LogP contribution in [0.3, 0.4) is 0 Å². The average molecular weight is 457 g/mol. The molecule has 1 atom stereocenters. The lowest BCUT2D eigenvalue weighted by Gasteiger charge is -2.30. The maximum absolute atomic E-state index is 13.0. The summed E-state index contributed by atoms with van der Waals surface area (Å²) in [6.45, 7) is 6.61. The van der Waals surface area contributed by atoms with Gasteiger partial charge in [-0.05, 0) is 62.9 Å². The van der Waals surface area contributed by atoms with Gasteiger partial charge in [-0.3, -0.25) is 9.89 Å². The summed E-state index contributed by atoms with van der Waals surface area (Å²) >= 11 is 0. The van der Waals surface area contributed by atoms with Crippen LogP contribution in [-0.4, -0.2) is 41.9 Å². The van der Waals surface area contributed by atoms with Gasteiger partial charge in [0.1, 0.15) is 5.69 Å². The third-order valence-electron chi connectivity index (χ3n) is 6.02. The number of hydrogen-bond acceptors (Lipinski definition) is 5. The quantitative estimate of drug-likeness (QED) is 0.590. The molecule has 1 aromatic carbocycles. The molecule has 1 aliphatic rings. The van der Waals surface area contributed by atoms with Gasteiger partial charge in [0.05, 0.1) is 6.04 Å². The van der Waals surface area contributed by atoms with Gasteiger partial charge in [-0.2, -0.15) is 9.40 Å². The van der Waals surface area contributed by atoms with Crippen LogP contribution in [-0.2, 0) is 14.8 Å². The van der Waals surface area contributed by atoms with E-state index in [0.29, 0.717) is 24.3 Å². The van der Waals surface area contributed by atoms with E-state index in [2.05, 4.69) is 21.6 Å². The summed E-state index contributed by atoms with van der Waals surface area (Å²) in [7, 11) is -3.76. The number of piperidine rings is 1. The van der Waals surface area contributed by atoms with Crippen LogP contribution in [0.15, 0.2) is 52.1 Å². The molecular formula is C23H28N4O4S. The molecule has 170 valence electrons. The lowest BCUT2D eigenvalue weighted by Crippen LogP contribution is -2.43. The van der Waals surface area contributed by atoms with Crippen molar-refractivity contribution in [3.8, 4) is 11.5 Å². The Bertz CT molecular complexity index is 1190. The van der Waals surface area contributed by atoms with Crippen molar-refractivity contribution in [2.45, 2.75) is 44.7 Å². The number of nitrogens with one attached hydrogen (secondary N) is 2. The highest BCUT2D eigenvalue weighted by molar-refractivity contribution is 7.89. The molecule has 0 radical (unpaired) electrons. The Kier molecular flexibility index (Phi) is 6.21. The molecule has 8 nitrogen and oxygen atoms in total. The number of hydrogen-bond donors (Lipinski definition) is 2. The number of amides is 1. The van der Waals surface area contributed by atoms with Crippen LogP contribution in [0.25, 0.3) is 11.5 Å². The Hall–Kier alpha value is -2.91. The third-order valence-corrected chi connectivity index (χ3v) is 7.79. The van der Waals surface area contributed by atoms with Crippen molar-refractivity contribution in [3.05, 3.63) is 59.3 Å². The number of benzene rings is 1. The Morgan fingerprint density at radius 1 is 1.19 bits per heavy atom. The number of aryl methyl sites for hydroxylation is 2. The summed E-state index contributed by atoms with van der Waals surface area (Å²) in [6.07, 6.45) is 2.51. The van der Waals surface area contributed by atoms with E-state index < -0.39 is 10.0 Å². The Morgan fingerprint density at radius 3 is 2.59 bits per heavy atom. The van der Waals surface area contributed by atoms with Gasteiger partial charge in [-0.25, -0.2) is 8.42 Å². The van der Waals surface area contributed by atoms with Crippen LogP contribution < -0.4 is 5.32 Å². The highest BCUT2D eigenvalue weighted by Gasteiger charge is 2.34. The fraction of sp³-hybridized carbons (Fsp3) is 0.391. The molecular weight excluding hydrogens is 428 g/mol. The number of carbonyl (C=O) groups excluding carboxylic acids is 1. The minimum atomic E-state index is -3.76. The lowest BCUT2D eigenvalue weighted by atomic mass is 9.95. The number of carbonyl (C=O) groups is 1. The first-order valence-corrected chi connectivity index (χ1v) is 12.2. The van der Waals surface area contributed by atoms with Crippen LogP contribution in [0.1, 0.15) is 42.5 Å². The normalized spacial score (nSPS) is 16.7. The number of aromatic nitrogens is 2. The van der Waals surface area contributed by atoms with Crippen molar-refractivity contribution in [2.75, 3.05) is 13.1 Å². The van der Waals surface area contributed by atoms with Crippen LogP contribution in [0.4, 0.5) is 0 Å². The molecule has 3 heterocycles. The van der Waals surface area contributed by atoms with Gasteiger partial charge < -0.3 is 9.73 Å². The molecule has 3 aromatic rings. The molecule has 32 heavy (non-hydrogen) atoms. The first-order chi connectivity index (χ1) is 15.3. The van der Waals surface area contributed by atoms with E-state index in [1.165, 1.54) is 15.9 Å². The monoisotopic (exact) mass is 456 g/mol. The highest BCUT2D eigenvalue weighted by atomic mass is 32.2. The smallest absolute Gasteiger partial charge is 0.276 e. The van der Waals surface area contributed by atoms with E-state index in [9.17, 15) is 13.2 Å². The van der Waals surface area contributed by atoms with Gasteiger partial charge in [-0.1, -0.05) is 23.8 Å². The molecule has 0 aliphatic carbocycles. The van der Waals surface area contributed by atoms with Crippen LogP contribution in [0.2, 0.25) is 0 Å². The van der Waals surface area contributed by atoms with Crippen molar-refractivity contribution in [3.63, 3.8) is 0 Å². The molecule has 4 rings (SSSR count). The molecule has 0 spiro atoms. The van der Waals surface area contributed by atoms with E-state index in [4.69, 9.17) is 4.42 Å². The maximum Gasteiger partial charge on any atom is 0.276 e. The van der Waals surface area contributed by atoms with Gasteiger partial charge in [-0.15, -0.1) is 0 Å². The van der Waals surface area contributed by atoms with Crippen LogP contribution >= 0.6 is 0 Å². The fourth-order valence-electron chi connectivity index (χ4n) is 4.20. The summed E-state index contributed by atoms with van der Waals surface area (Å²) in [5.41, 5.74) is 4.04. The summed E-state index contributed by atoms with van der Waals surface area (Å²) in [6, 6.07) is 10.9. The maximum atomic E-state index is 13.0. The Balaban J connectivity index is 1.36. The summed E-state index contributed by atoms with van der Waals surface area (Å²) in [5, 5.41) is 9.60. The molecule has 9 heteroatoms. The molecule has 0 saturated carbocycles.